The third kappa shape index (κ3) is 4.22. The van der Waals surface area contributed by atoms with Crippen molar-refractivity contribution in [2.45, 2.75) is 84.1 Å². The Hall–Kier alpha value is -2.43. The predicted octanol–water partition coefficient (Wildman–Crippen LogP) is 5.47. The third-order valence-corrected chi connectivity index (χ3v) is 8.85. The van der Waals surface area contributed by atoms with Crippen molar-refractivity contribution in [1.29, 1.82) is 0 Å². The SMILES string of the molecule is CCC1CC(C(C(=O)O)(C(=O)O)C(=O)O)c2c(nc(C(C)C)n2Cc2cccc(I)c2)C1(CC)CC. The van der Waals surface area contributed by atoms with Gasteiger partial charge >= 0.3 is 17.9 Å². The predicted molar refractivity (Wildman–Crippen MR) is 143 cm³/mol. The summed E-state index contributed by atoms with van der Waals surface area (Å²) in [4.78, 5) is 42.8. The molecule has 2 unspecified atom stereocenters. The minimum Gasteiger partial charge on any atom is -0.480 e. The summed E-state index contributed by atoms with van der Waals surface area (Å²) in [5, 5.41) is 30.6. The quantitative estimate of drug-likeness (QED) is 0.240. The van der Waals surface area contributed by atoms with E-state index in [4.69, 9.17) is 4.98 Å². The van der Waals surface area contributed by atoms with Crippen LogP contribution in [0.3, 0.4) is 0 Å². The Bertz CT molecular complexity index is 1130. The largest absolute Gasteiger partial charge is 0.480 e. The maximum Gasteiger partial charge on any atom is 0.333 e. The number of halogens is 1. The number of fused-ring (bicyclic) bond motifs is 1. The number of imidazole rings is 1. The number of hydrogen-bond donors (Lipinski definition) is 3. The van der Waals surface area contributed by atoms with Crippen LogP contribution in [0, 0.1) is 14.9 Å². The van der Waals surface area contributed by atoms with Crippen molar-refractivity contribution in [2.24, 2.45) is 11.3 Å². The first-order valence-corrected chi connectivity index (χ1v) is 13.5. The van der Waals surface area contributed by atoms with E-state index in [0.29, 0.717) is 30.2 Å². The standard InChI is InChI=1S/C27H35IN2O6/c1-6-17-13-19(27(23(31)32,24(33)34)25(35)36)20-21(26(17,7-2)8-3)29-22(15(4)5)30(20)14-16-10-9-11-18(28)12-16/h9-12,15,17,19H,6-8,13-14H2,1-5H3,(H,31,32)(H,33,34)(H,35,36). The number of hydrogen-bond acceptors (Lipinski definition) is 4. The summed E-state index contributed by atoms with van der Waals surface area (Å²) in [6.45, 7) is 10.5. The number of carboxylic acids is 3. The molecule has 0 spiro atoms. The molecular weight excluding hydrogens is 575 g/mol. The minimum atomic E-state index is -3.02. The van der Waals surface area contributed by atoms with Crippen LogP contribution in [0.5, 0.6) is 0 Å². The van der Waals surface area contributed by atoms with E-state index in [1.54, 1.807) is 0 Å². The molecule has 8 nitrogen and oxygen atoms in total. The normalized spacial score (nSPS) is 19.2. The summed E-state index contributed by atoms with van der Waals surface area (Å²) in [6.07, 6.45) is 2.28. The van der Waals surface area contributed by atoms with Crippen molar-refractivity contribution in [3.8, 4) is 0 Å². The molecule has 1 aliphatic carbocycles. The summed E-state index contributed by atoms with van der Waals surface area (Å²) in [5.74, 6) is -6.30. The van der Waals surface area contributed by atoms with Crippen LogP contribution in [0.15, 0.2) is 24.3 Å². The van der Waals surface area contributed by atoms with E-state index in [1.165, 1.54) is 0 Å². The van der Waals surface area contributed by atoms with Gasteiger partial charge in [-0.15, -0.1) is 0 Å². The van der Waals surface area contributed by atoms with Gasteiger partial charge < -0.3 is 19.9 Å². The monoisotopic (exact) mass is 610 g/mol. The Kier molecular flexibility index (Phi) is 8.22. The molecule has 3 rings (SSSR count). The number of aromatic nitrogens is 2. The summed E-state index contributed by atoms with van der Waals surface area (Å²) in [5.41, 5.74) is -1.36. The number of aliphatic carboxylic acids is 3. The lowest BCUT2D eigenvalue weighted by Crippen LogP contribution is -2.55. The van der Waals surface area contributed by atoms with E-state index in [1.807, 2.05) is 49.6 Å². The van der Waals surface area contributed by atoms with Gasteiger partial charge in [0, 0.05) is 33.1 Å². The van der Waals surface area contributed by atoms with Gasteiger partial charge in [0.25, 0.3) is 5.41 Å². The molecule has 1 aromatic heterocycles. The van der Waals surface area contributed by atoms with Crippen molar-refractivity contribution in [3.05, 3.63) is 50.6 Å². The van der Waals surface area contributed by atoms with Gasteiger partial charge in [-0.1, -0.05) is 53.2 Å². The molecule has 36 heavy (non-hydrogen) atoms. The molecule has 0 saturated carbocycles. The fraction of sp³-hybridized carbons (Fsp3) is 0.556. The molecule has 0 radical (unpaired) electrons. The average Bonchev–Trinajstić information content (AvgIpc) is 3.18. The van der Waals surface area contributed by atoms with E-state index >= 15 is 0 Å². The minimum absolute atomic E-state index is 0.0422. The van der Waals surface area contributed by atoms with Crippen molar-refractivity contribution in [2.75, 3.05) is 0 Å². The maximum atomic E-state index is 12.6. The molecule has 196 valence electrons. The fourth-order valence-electron chi connectivity index (χ4n) is 6.27. The Morgan fingerprint density at radius 2 is 1.69 bits per heavy atom. The lowest BCUT2D eigenvalue weighted by Gasteiger charge is -2.47. The molecule has 0 saturated heterocycles. The van der Waals surface area contributed by atoms with Gasteiger partial charge in [0.2, 0.25) is 0 Å². The zero-order chi connectivity index (χ0) is 27.0. The molecule has 1 aromatic carbocycles. The van der Waals surface area contributed by atoms with E-state index in [0.717, 1.165) is 22.0 Å². The van der Waals surface area contributed by atoms with Gasteiger partial charge in [0.15, 0.2) is 0 Å². The summed E-state index contributed by atoms with van der Waals surface area (Å²) in [6, 6.07) is 7.86. The number of carbonyl (C=O) groups is 3. The first-order valence-electron chi connectivity index (χ1n) is 12.5. The molecular formula is C27H35IN2O6. The molecule has 0 aliphatic heterocycles. The summed E-state index contributed by atoms with van der Waals surface area (Å²) < 4.78 is 2.94. The highest BCUT2D eigenvalue weighted by molar-refractivity contribution is 14.1. The molecule has 0 fully saturated rings. The van der Waals surface area contributed by atoms with Gasteiger partial charge in [-0.3, -0.25) is 14.4 Å². The van der Waals surface area contributed by atoms with Crippen LogP contribution < -0.4 is 0 Å². The molecule has 3 N–H and O–H groups in total. The molecule has 0 bridgehead atoms. The Morgan fingerprint density at radius 3 is 2.14 bits per heavy atom. The van der Waals surface area contributed by atoms with Crippen LogP contribution in [0.25, 0.3) is 0 Å². The maximum absolute atomic E-state index is 12.6. The number of rotatable bonds is 10. The van der Waals surface area contributed by atoms with Gasteiger partial charge in [-0.05, 0) is 65.5 Å². The van der Waals surface area contributed by atoms with E-state index in [9.17, 15) is 29.7 Å². The van der Waals surface area contributed by atoms with Crippen LogP contribution in [-0.4, -0.2) is 42.8 Å². The Labute approximate surface area is 225 Å². The molecule has 0 amide bonds. The number of nitrogens with zero attached hydrogens (tertiary/aromatic N) is 2. The van der Waals surface area contributed by atoms with E-state index < -0.39 is 34.7 Å². The smallest absolute Gasteiger partial charge is 0.333 e. The molecule has 9 heteroatoms. The van der Waals surface area contributed by atoms with E-state index in [-0.39, 0.29) is 18.3 Å². The lowest BCUT2D eigenvalue weighted by atomic mass is 9.55. The Morgan fingerprint density at radius 1 is 1.11 bits per heavy atom. The average molecular weight is 610 g/mol. The zero-order valence-electron chi connectivity index (χ0n) is 21.4. The highest BCUT2D eigenvalue weighted by Crippen LogP contribution is 2.57. The first kappa shape index (κ1) is 28.1. The van der Waals surface area contributed by atoms with Crippen molar-refractivity contribution < 1.29 is 29.7 Å². The lowest BCUT2D eigenvalue weighted by molar-refractivity contribution is -0.178. The second-order valence-corrected chi connectivity index (χ2v) is 11.3. The number of carboxylic acid groups (broad SMARTS) is 3. The molecule has 1 aliphatic rings. The van der Waals surface area contributed by atoms with Crippen LogP contribution in [0.2, 0.25) is 0 Å². The molecule has 1 heterocycles. The molecule has 2 aromatic rings. The molecule has 2 atom stereocenters. The van der Waals surface area contributed by atoms with E-state index in [2.05, 4.69) is 36.4 Å². The van der Waals surface area contributed by atoms with Crippen molar-refractivity contribution in [3.63, 3.8) is 0 Å². The van der Waals surface area contributed by atoms with Gasteiger partial charge in [0.1, 0.15) is 5.82 Å². The third-order valence-electron chi connectivity index (χ3n) is 8.18. The van der Waals surface area contributed by atoms with Gasteiger partial charge in [-0.25, -0.2) is 4.98 Å². The fourth-order valence-corrected chi connectivity index (χ4v) is 6.87. The van der Waals surface area contributed by atoms with Gasteiger partial charge in [0.05, 0.1) is 5.69 Å². The number of benzene rings is 1. The first-order chi connectivity index (χ1) is 16.9. The topological polar surface area (TPSA) is 130 Å². The highest BCUT2D eigenvalue weighted by atomic mass is 127. The highest BCUT2D eigenvalue weighted by Gasteiger charge is 2.65. The Balaban J connectivity index is 2.48. The van der Waals surface area contributed by atoms with Crippen LogP contribution in [-0.2, 0) is 26.3 Å². The second kappa shape index (κ2) is 10.5. The second-order valence-electron chi connectivity index (χ2n) is 10.1. The summed E-state index contributed by atoms with van der Waals surface area (Å²) >= 11 is 2.22. The van der Waals surface area contributed by atoms with Crippen LogP contribution in [0.1, 0.15) is 94.9 Å². The zero-order valence-corrected chi connectivity index (χ0v) is 23.6. The van der Waals surface area contributed by atoms with Crippen LogP contribution >= 0.6 is 22.6 Å². The van der Waals surface area contributed by atoms with Crippen LogP contribution in [0.4, 0.5) is 0 Å². The van der Waals surface area contributed by atoms with Crippen molar-refractivity contribution in [1.82, 2.24) is 9.55 Å². The summed E-state index contributed by atoms with van der Waals surface area (Å²) in [7, 11) is 0. The van der Waals surface area contributed by atoms with Crippen molar-refractivity contribution >= 4 is 40.5 Å². The van der Waals surface area contributed by atoms with Gasteiger partial charge in [-0.2, -0.15) is 0 Å².